The quantitative estimate of drug-likeness (QED) is 0.417. The molecule has 0 amide bonds. The summed E-state index contributed by atoms with van der Waals surface area (Å²) in [5.74, 6) is 0. The average Bonchev–Trinajstić information content (AvgIpc) is 2.17. The van der Waals surface area contributed by atoms with Gasteiger partial charge in [0.2, 0.25) is 0 Å². The molecule has 84 valence electrons. The van der Waals surface area contributed by atoms with Crippen LogP contribution in [0.2, 0.25) is 0 Å². The normalized spacial score (nSPS) is 12.9. The first kappa shape index (κ1) is 13.5. The van der Waals surface area contributed by atoms with Crippen LogP contribution in [0.4, 0.5) is 0 Å². The average molecular weight is 199 g/mol. The van der Waals surface area contributed by atoms with E-state index in [4.69, 9.17) is 4.74 Å². The topological polar surface area (TPSA) is 12.5 Å². The molecule has 0 radical (unpaired) electrons. The van der Waals surface area contributed by atoms with Crippen LogP contribution >= 0.6 is 0 Å². The summed E-state index contributed by atoms with van der Waals surface area (Å²) in [6, 6.07) is 0. The molecule has 1 unspecified atom stereocenters. The molecule has 0 saturated heterocycles. The van der Waals surface area contributed by atoms with Crippen LogP contribution in [0.3, 0.4) is 0 Å². The van der Waals surface area contributed by atoms with Gasteiger partial charge in [-0.25, -0.2) is 0 Å². The lowest BCUT2D eigenvalue weighted by molar-refractivity contribution is -0.0145. The molecule has 0 rings (SSSR count). The van der Waals surface area contributed by atoms with Gasteiger partial charge in [0, 0.05) is 13.1 Å². The van der Waals surface area contributed by atoms with Crippen molar-refractivity contribution in [3.8, 4) is 0 Å². The van der Waals surface area contributed by atoms with Crippen LogP contribution in [0.1, 0.15) is 46.5 Å². The van der Waals surface area contributed by atoms with E-state index in [9.17, 15) is 0 Å². The van der Waals surface area contributed by atoms with Crippen molar-refractivity contribution >= 4 is 0 Å². The van der Waals surface area contributed by atoms with Gasteiger partial charge in [0.1, 0.15) is 0 Å². The molecule has 0 saturated carbocycles. The molecule has 2 heteroatoms. The van der Waals surface area contributed by atoms with E-state index in [1.807, 2.05) is 0 Å². The number of hydrogen-bond acceptors (Lipinski definition) is 2. The van der Waals surface area contributed by atoms with Crippen LogP contribution in [0.5, 0.6) is 0 Å². The first-order valence-corrected chi connectivity index (χ1v) is 5.80. The highest BCUT2D eigenvalue weighted by Gasteiger charge is 2.15. The Bertz CT molecular complexity index is 130. The van der Waals surface area contributed by atoms with Crippen LogP contribution in [0.25, 0.3) is 0 Å². The molecule has 0 bridgehead atoms. The summed E-state index contributed by atoms with van der Waals surface area (Å²) < 4.78 is 5.54. The largest absolute Gasteiger partial charge is 0.483 e. The summed E-state index contributed by atoms with van der Waals surface area (Å²) >= 11 is 0. The molecule has 1 atom stereocenters. The Balaban J connectivity index is 4.12. The maximum Gasteiger partial charge on any atom is 0.151 e. The highest BCUT2D eigenvalue weighted by Crippen LogP contribution is 2.10. The van der Waals surface area contributed by atoms with E-state index in [-0.39, 0.29) is 6.23 Å². The Kier molecular flexibility index (Phi) is 8.75. The zero-order chi connectivity index (χ0) is 10.8. The Morgan fingerprint density at radius 3 is 2.07 bits per heavy atom. The number of ether oxygens (including phenoxy) is 1. The molecule has 0 aromatic carbocycles. The van der Waals surface area contributed by atoms with Crippen molar-refractivity contribution in [2.75, 3.05) is 13.1 Å². The van der Waals surface area contributed by atoms with Gasteiger partial charge in [-0.1, -0.05) is 33.8 Å². The molecule has 0 heterocycles. The third kappa shape index (κ3) is 5.28. The molecule has 0 spiro atoms. The minimum absolute atomic E-state index is 0.234. The summed E-state index contributed by atoms with van der Waals surface area (Å²) in [6.45, 7) is 12.5. The van der Waals surface area contributed by atoms with E-state index in [1.165, 1.54) is 12.8 Å². The van der Waals surface area contributed by atoms with Crippen molar-refractivity contribution in [1.82, 2.24) is 4.90 Å². The minimum atomic E-state index is 0.234. The molecular formula is C12H25NO. The summed E-state index contributed by atoms with van der Waals surface area (Å²) in [6.07, 6.45) is 6.41. The van der Waals surface area contributed by atoms with Gasteiger partial charge >= 0.3 is 0 Å². The standard InChI is InChI=1S/C12H25NO/c1-5-9-12(14-8-4)13(10-6-2)11-7-3/h8,12H,4-7,9-11H2,1-3H3. The van der Waals surface area contributed by atoms with Gasteiger partial charge in [-0.05, 0) is 19.3 Å². The summed E-state index contributed by atoms with van der Waals surface area (Å²) in [5, 5.41) is 0. The maximum absolute atomic E-state index is 5.54. The van der Waals surface area contributed by atoms with E-state index in [0.717, 1.165) is 25.9 Å². The van der Waals surface area contributed by atoms with Crippen LogP contribution in [0.15, 0.2) is 12.8 Å². The lowest BCUT2D eigenvalue weighted by Crippen LogP contribution is -2.37. The molecule has 0 aromatic heterocycles. The lowest BCUT2D eigenvalue weighted by Gasteiger charge is -2.30. The SMILES string of the molecule is C=COC(CCC)N(CCC)CCC. The minimum Gasteiger partial charge on any atom is -0.483 e. The molecule has 0 fully saturated rings. The third-order valence-corrected chi connectivity index (χ3v) is 2.22. The van der Waals surface area contributed by atoms with Crippen molar-refractivity contribution in [3.05, 3.63) is 12.8 Å². The zero-order valence-electron chi connectivity index (χ0n) is 9.96. The molecular weight excluding hydrogens is 174 g/mol. The monoisotopic (exact) mass is 199 g/mol. The second-order valence-corrected chi connectivity index (χ2v) is 3.58. The van der Waals surface area contributed by atoms with E-state index in [2.05, 4.69) is 32.3 Å². The van der Waals surface area contributed by atoms with Crippen LogP contribution in [-0.4, -0.2) is 24.2 Å². The zero-order valence-corrected chi connectivity index (χ0v) is 9.96. The van der Waals surface area contributed by atoms with Gasteiger partial charge in [0.05, 0.1) is 6.26 Å². The van der Waals surface area contributed by atoms with Gasteiger partial charge in [0.15, 0.2) is 6.23 Å². The second kappa shape index (κ2) is 9.07. The molecule has 14 heavy (non-hydrogen) atoms. The van der Waals surface area contributed by atoms with Crippen molar-refractivity contribution in [2.45, 2.75) is 52.7 Å². The first-order valence-electron chi connectivity index (χ1n) is 5.80. The summed E-state index contributed by atoms with van der Waals surface area (Å²) in [7, 11) is 0. The summed E-state index contributed by atoms with van der Waals surface area (Å²) in [5.41, 5.74) is 0. The highest BCUT2D eigenvalue weighted by molar-refractivity contribution is 4.65. The third-order valence-electron chi connectivity index (χ3n) is 2.22. The van der Waals surface area contributed by atoms with Gasteiger partial charge in [-0.2, -0.15) is 0 Å². The fraction of sp³-hybridized carbons (Fsp3) is 0.833. The fourth-order valence-electron chi connectivity index (χ4n) is 1.67. The predicted molar refractivity (Wildman–Crippen MR) is 62.1 cm³/mol. The highest BCUT2D eigenvalue weighted by atomic mass is 16.5. The number of rotatable bonds is 9. The lowest BCUT2D eigenvalue weighted by atomic mass is 10.2. The smallest absolute Gasteiger partial charge is 0.151 e. The van der Waals surface area contributed by atoms with Gasteiger partial charge < -0.3 is 4.74 Å². The van der Waals surface area contributed by atoms with Crippen molar-refractivity contribution < 1.29 is 4.74 Å². The van der Waals surface area contributed by atoms with Gasteiger partial charge in [-0.3, -0.25) is 4.90 Å². The first-order chi connectivity index (χ1) is 6.79. The van der Waals surface area contributed by atoms with Crippen LogP contribution < -0.4 is 0 Å². The van der Waals surface area contributed by atoms with Crippen molar-refractivity contribution in [3.63, 3.8) is 0 Å². The Hall–Kier alpha value is -0.500. The van der Waals surface area contributed by atoms with Gasteiger partial charge in [-0.15, -0.1) is 0 Å². The van der Waals surface area contributed by atoms with E-state index in [0.29, 0.717) is 0 Å². The summed E-state index contributed by atoms with van der Waals surface area (Å²) in [4.78, 5) is 2.41. The molecule has 0 aromatic rings. The van der Waals surface area contributed by atoms with E-state index < -0.39 is 0 Å². The van der Waals surface area contributed by atoms with Crippen molar-refractivity contribution in [2.24, 2.45) is 0 Å². The predicted octanol–water partition coefficient (Wildman–Crippen LogP) is 3.39. The molecule has 0 aliphatic rings. The van der Waals surface area contributed by atoms with E-state index in [1.54, 1.807) is 6.26 Å². The molecule has 0 N–H and O–H groups in total. The number of hydrogen-bond donors (Lipinski definition) is 0. The molecule has 0 aliphatic heterocycles. The molecule has 2 nitrogen and oxygen atoms in total. The van der Waals surface area contributed by atoms with Crippen LogP contribution in [-0.2, 0) is 4.74 Å². The number of nitrogens with zero attached hydrogens (tertiary/aromatic N) is 1. The van der Waals surface area contributed by atoms with Crippen molar-refractivity contribution in [1.29, 1.82) is 0 Å². The van der Waals surface area contributed by atoms with Gasteiger partial charge in [0.25, 0.3) is 0 Å². The molecule has 0 aliphatic carbocycles. The Morgan fingerprint density at radius 1 is 1.14 bits per heavy atom. The second-order valence-electron chi connectivity index (χ2n) is 3.58. The van der Waals surface area contributed by atoms with E-state index >= 15 is 0 Å². The maximum atomic E-state index is 5.54. The fourth-order valence-corrected chi connectivity index (χ4v) is 1.67. The Labute approximate surface area is 88.9 Å². The van der Waals surface area contributed by atoms with Crippen LogP contribution in [0, 0.1) is 0 Å². The Morgan fingerprint density at radius 2 is 1.71 bits per heavy atom.